The number of aryl methyl sites for hydroxylation is 2. The maximum atomic E-state index is 14.5. The molecular formula is C30H40N2O6. The van der Waals surface area contributed by atoms with Crippen LogP contribution in [0.25, 0.3) is 0 Å². The van der Waals surface area contributed by atoms with Crippen LogP contribution in [-0.4, -0.2) is 71.3 Å². The molecule has 38 heavy (non-hydrogen) atoms. The van der Waals surface area contributed by atoms with Crippen LogP contribution in [-0.2, 0) is 23.9 Å². The van der Waals surface area contributed by atoms with Gasteiger partial charge in [-0.25, -0.2) is 0 Å². The van der Waals surface area contributed by atoms with Crippen molar-refractivity contribution in [2.45, 2.75) is 76.7 Å². The number of fused-ring (bicyclic) bond motifs is 1. The van der Waals surface area contributed by atoms with E-state index in [1.807, 2.05) is 38.1 Å². The molecule has 0 radical (unpaired) electrons. The summed E-state index contributed by atoms with van der Waals surface area (Å²) in [5, 5.41) is 10.1. The largest absolute Gasteiger partial charge is 0.465 e. The van der Waals surface area contributed by atoms with Crippen LogP contribution >= 0.6 is 0 Å². The van der Waals surface area contributed by atoms with Gasteiger partial charge in [0.2, 0.25) is 5.91 Å². The normalized spacial score (nSPS) is 28.2. The number of allylic oxidation sites excluding steroid dienone is 1. The number of hydrogen-bond donors (Lipinski definition) is 1. The minimum Gasteiger partial charge on any atom is -0.465 e. The van der Waals surface area contributed by atoms with Crippen LogP contribution in [0.4, 0.5) is 5.69 Å². The molecule has 4 rings (SSSR count). The third-order valence-corrected chi connectivity index (χ3v) is 8.32. The zero-order chi connectivity index (χ0) is 27.6. The Morgan fingerprint density at radius 1 is 1.26 bits per heavy atom. The first-order valence-electron chi connectivity index (χ1n) is 13.6. The van der Waals surface area contributed by atoms with Crippen molar-refractivity contribution in [1.82, 2.24) is 4.90 Å². The number of aliphatic hydroxyl groups is 1. The highest BCUT2D eigenvalue weighted by molar-refractivity contribution is 6.05. The summed E-state index contributed by atoms with van der Waals surface area (Å²) < 4.78 is 12.1. The number of benzene rings is 1. The van der Waals surface area contributed by atoms with Gasteiger partial charge in [0.1, 0.15) is 11.6 Å². The lowest BCUT2D eigenvalue weighted by Gasteiger charge is -2.39. The number of carbonyl (C=O) groups is 3. The number of para-hydroxylation sites is 1. The molecule has 0 saturated carbocycles. The molecule has 1 spiro atoms. The van der Waals surface area contributed by atoms with Crippen molar-refractivity contribution in [3.63, 3.8) is 0 Å². The van der Waals surface area contributed by atoms with E-state index in [0.717, 1.165) is 29.7 Å². The molecule has 8 heteroatoms. The second-order valence-electron chi connectivity index (χ2n) is 10.8. The summed E-state index contributed by atoms with van der Waals surface area (Å²) in [4.78, 5) is 44.9. The van der Waals surface area contributed by atoms with Crippen LogP contribution in [0.3, 0.4) is 0 Å². The standard InChI is InChI=1S/C30H40N2O6/c1-6-8-9-10-17-37-29(36)23-22-14-15-30(38-22)24(23)27(34)32(21(5)18-33)26(30)28(35)31(16-7-2)25-19(3)12-11-13-20(25)4/h6-7,11-13,21-24,26,33H,1-2,8-10,14-18H2,3-5H3/t21-,22-,23+,24+,26?,30?/m1/s1. The van der Waals surface area contributed by atoms with Crippen molar-refractivity contribution < 1.29 is 29.0 Å². The third kappa shape index (κ3) is 4.58. The highest BCUT2D eigenvalue weighted by Gasteiger charge is 2.75. The number of likely N-dealkylation sites (tertiary alicyclic amines) is 1. The molecule has 3 aliphatic heterocycles. The summed E-state index contributed by atoms with van der Waals surface area (Å²) >= 11 is 0. The topological polar surface area (TPSA) is 96.4 Å². The van der Waals surface area contributed by atoms with Crippen molar-refractivity contribution in [2.24, 2.45) is 11.8 Å². The van der Waals surface area contributed by atoms with E-state index in [9.17, 15) is 19.5 Å². The van der Waals surface area contributed by atoms with E-state index < -0.39 is 41.6 Å². The van der Waals surface area contributed by atoms with Gasteiger partial charge in [0.05, 0.1) is 37.2 Å². The molecule has 2 unspecified atom stereocenters. The average molecular weight is 525 g/mol. The van der Waals surface area contributed by atoms with Gasteiger partial charge in [0.15, 0.2) is 0 Å². The molecule has 0 aromatic heterocycles. The van der Waals surface area contributed by atoms with E-state index in [0.29, 0.717) is 19.3 Å². The summed E-state index contributed by atoms with van der Waals surface area (Å²) in [5.74, 6) is -2.67. The molecule has 1 aromatic carbocycles. The number of ether oxygens (including phenoxy) is 2. The zero-order valence-corrected chi connectivity index (χ0v) is 22.7. The number of unbranched alkanes of at least 4 members (excludes halogenated alkanes) is 2. The molecule has 1 aromatic rings. The zero-order valence-electron chi connectivity index (χ0n) is 22.7. The van der Waals surface area contributed by atoms with Crippen LogP contribution in [0, 0.1) is 25.7 Å². The Balaban J connectivity index is 1.70. The average Bonchev–Trinajstić information content (AvgIpc) is 3.54. The fraction of sp³-hybridized carbons (Fsp3) is 0.567. The summed E-state index contributed by atoms with van der Waals surface area (Å²) in [6.07, 6.45) is 6.48. The lowest BCUT2D eigenvalue weighted by Crippen LogP contribution is -2.58. The Morgan fingerprint density at radius 2 is 1.97 bits per heavy atom. The van der Waals surface area contributed by atoms with Crippen LogP contribution in [0.2, 0.25) is 0 Å². The fourth-order valence-corrected chi connectivity index (χ4v) is 6.66. The quantitative estimate of drug-likeness (QED) is 0.256. The predicted octanol–water partition coefficient (Wildman–Crippen LogP) is 3.48. The van der Waals surface area contributed by atoms with Crippen LogP contribution in [0.1, 0.15) is 50.2 Å². The minimum absolute atomic E-state index is 0.247. The first-order chi connectivity index (χ1) is 18.2. The first-order valence-corrected chi connectivity index (χ1v) is 13.6. The lowest BCUT2D eigenvalue weighted by atomic mass is 9.70. The number of amides is 2. The number of nitrogens with zero attached hydrogens (tertiary/aromatic N) is 2. The van der Waals surface area contributed by atoms with Gasteiger partial charge in [0, 0.05) is 12.2 Å². The van der Waals surface area contributed by atoms with Gasteiger partial charge in [0.25, 0.3) is 5.91 Å². The third-order valence-electron chi connectivity index (χ3n) is 8.32. The highest BCUT2D eigenvalue weighted by atomic mass is 16.6. The van der Waals surface area contributed by atoms with Crippen LogP contribution in [0.5, 0.6) is 0 Å². The van der Waals surface area contributed by atoms with E-state index in [1.165, 1.54) is 4.90 Å². The molecule has 2 amide bonds. The molecule has 0 aliphatic carbocycles. The number of anilines is 1. The SMILES string of the molecule is C=CCCCCOC(=O)[C@@H]1[C@H]2C(=O)N([C@H](C)CO)C(C(=O)N(CC=C)c3c(C)cccc3C)C23CC[C@H]1O3. The Kier molecular flexibility index (Phi) is 8.43. The Hall–Kier alpha value is -2.97. The van der Waals surface area contributed by atoms with Gasteiger partial charge in [-0.1, -0.05) is 30.4 Å². The number of hydrogen-bond acceptors (Lipinski definition) is 6. The Labute approximate surface area is 225 Å². The monoisotopic (exact) mass is 524 g/mol. The molecule has 2 bridgehead atoms. The number of carbonyl (C=O) groups excluding carboxylic acids is 3. The molecule has 1 N–H and O–H groups in total. The second kappa shape index (κ2) is 11.4. The van der Waals surface area contributed by atoms with Crippen LogP contribution < -0.4 is 4.90 Å². The first kappa shape index (κ1) is 28.0. The van der Waals surface area contributed by atoms with Crippen molar-refractivity contribution >= 4 is 23.5 Å². The molecule has 206 valence electrons. The van der Waals surface area contributed by atoms with Gasteiger partial charge in [-0.3, -0.25) is 14.4 Å². The van der Waals surface area contributed by atoms with Crippen molar-refractivity contribution in [3.8, 4) is 0 Å². The summed E-state index contributed by atoms with van der Waals surface area (Å²) in [6.45, 7) is 13.4. The van der Waals surface area contributed by atoms with E-state index in [4.69, 9.17) is 9.47 Å². The van der Waals surface area contributed by atoms with Crippen LogP contribution in [0.15, 0.2) is 43.5 Å². The van der Waals surface area contributed by atoms with E-state index in [2.05, 4.69) is 13.2 Å². The summed E-state index contributed by atoms with van der Waals surface area (Å²) in [5.41, 5.74) is 1.47. The summed E-state index contributed by atoms with van der Waals surface area (Å²) in [7, 11) is 0. The molecule has 3 saturated heterocycles. The summed E-state index contributed by atoms with van der Waals surface area (Å²) in [6, 6.07) is 4.22. The highest BCUT2D eigenvalue weighted by Crippen LogP contribution is 2.59. The maximum Gasteiger partial charge on any atom is 0.312 e. The molecule has 8 nitrogen and oxygen atoms in total. The Morgan fingerprint density at radius 3 is 2.61 bits per heavy atom. The van der Waals surface area contributed by atoms with Gasteiger partial charge in [-0.2, -0.15) is 0 Å². The van der Waals surface area contributed by atoms with Crippen molar-refractivity contribution in [1.29, 1.82) is 0 Å². The van der Waals surface area contributed by atoms with Gasteiger partial charge < -0.3 is 24.4 Å². The molecule has 3 aliphatic rings. The van der Waals surface area contributed by atoms with Crippen molar-refractivity contribution in [3.05, 3.63) is 54.6 Å². The minimum atomic E-state index is -1.15. The number of esters is 1. The van der Waals surface area contributed by atoms with Gasteiger partial charge >= 0.3 is 5.97 Å². The van der Waals surface area contributed by atoms with E-state index in [-0.39, 0.29) is 31.6 Å². The van der Waals surface area contributed by atoms with Gasteiger partial charge in [-0.05, 0) is 64.0 Å². The predicted molar refractivity (Wildman–Crippen MR) is 144 cm³/mol. The molecule has 3 fully saturated rings. The number of aliphatic hydroxyl groups excluding tert-OH is 1. The van der Waals surface area contributed by atoms with Gasteiger partial charge in [-0.15, -0.1) is 13.2 Å². The maximum absolute atomic E-state index is 14.5. The second-order valence-corrected chi connectivity index (χ2v) is 10.8. The lowest BCUT2D eigenvalue weighted by molar-refractivity contribution is -0.155. The smallest absolute Gasteiger partial charge is 0.312 e. The van der Waals surface area contributed by atoms with E-state index >= 15 is 0 Å². The molecule has 6 atom stereocenters. The van der Waals surface area contributed by atoms with E-state index in [1.54, 1.807) is 17.9 Å². The molecular weight excluding hydrogens is 484 g/mol. The molecule has 3 heterocycles. The fourth-order valence-electron chi connectivity index (χ4n) is 6.66. The van der Waals surface area contributed by atoms with Crippen molar-refractivity contribution in [2.75, 3.05) is 24.7 Å². The Bertz CT molecular complexity index is 1080. The number of rotatable bonds is 12.